The molecule has 2 aromatic heterocycles. The average Bonchev–Trinajstić information content (AvgIpc) is 3.16. The third-order valence-corrected chi connectivity index (χ3v) is 5.17. The summed E-state index contributed by atoms with van der Waals surface area (Å²) in [5.74, 6) is -0.653. The molecule has 1 unspecified atom stereocenters. The highest BCUT2D eigenvalue weighted by Gasteiger charge is 2.35. The van der Waals surface area contributed by atoms with E-state index in [2.05, 4.69) is 20.3 Å². The number of hydrogen-bond acceptors (Lipinski definition) is 6. The predicted molar refractivity (Wildman–Crippen MR) is 98.3 cm³/mol. The number of aromatic nitrogens is 3. The second kappa shape index (κ2) is 6.34. The highest BCUT2D eigenvalue weighted by molar-refractivity contribution is 7.18. The lowest BCUT2D eigenvalue weighted by atomic mass is 10.1. The molecule has 0 aliphatic carbocycles. The van der Waals surface area contributed by atoms with Crippen molar-refractivity contribution in [2.75, 3.05) is 16.8 Å². The molecule has 0 bridgehead atoms. The minimum Gasteiger partial charge on any atom is -0.312 e. The zero-order chi connectivity index (χ0) is 18.3. The van der Waals surface area contributed by atoms with Gasteiger partial charge in [0.1, 0.15) is 5.82 Å². The van der Waals surface area contributed by atoms with E-state index in [0.717, 1.165) is 20.9 Å². The van der Waals surface area contributed by atoms with Crippen molar-refractivity contribution in [2.24, 2.45) is 5.92 Å². The second-order valence-electron chi connectivity index (χ2n) is 6.07. The number of benzene rings is 1. The van der Waals surface area contributed by atoms with Gasteiger partial charge in [0.15, 0.2) is 0 Å². The lowest BCUT2D eigenvalue weighted by Crippen LogP contribution is -2.28. The number of hydrogen-bond donors (Lipinski definition) is 2. The summed E-state index contributed by atoms with van der Waals surface area (Å²) in [7, 11) is 0. The minimum absolute atomic E-state index is 0.111. The van der Waals surface area contributed by atoms with Crippen molar-refractivity contribution >= 4 is 44.9 Å². The fraction of sp³-hybridized carbons (Fsp3) is 0.235. The van der Waals surface area contributed by atoms with Crippen LogP contribution in [-0.4, -0.2) is 33.3 Å². The maximum absolute atomic E-state index is 12.4. The van der Waals surface area contributed by atoms with Crippen LogP contribution in [0.5, 0.6) is 0 Å². The Morgan fingerprint density at radius 3 is 3.00 bits per heavy atom. The van der Waals surface area contributed by atoms with E-state index < -0.39 is 11.6 Å². The van der Waals surface area contributed by atoms with Crippen LogP contribution in [0.4, 0.5) is 11.5 Å². The summed E-state index contributed by atoms with van der Waals surface area (Å²) >= 11 is 1.60. The largest absolute Gasteiger partial charge is 0.346 e. The molecular formula is C17H15N5O3S. The molecular weight excluding hydrogens is 354 g/mol. The van der Waals surface area contributed by atoms with Gasteiger partial charge >= 0.3 is 5.69 Å². The number of aryl methyl sites for hydroxylation is 1. The predicted octanol–water partition coefficient (Wildman–Crippen LogP) is 1.68. The molecule has 0 radical (unpaired) electrons. The van der Waals surface area contributed by atoms with Crippen molar-refractivity contribution in [3.63, 3.8) is 0 Å². The molecule has 4 rings (SSSR count). The third-order valence-electron chi connectivity index (χ3n) is 4.22. The van der Waals surface area contributed by atoms with Crippen LogP contribution in [0.15, 0.2) is 35.3 Å². The number of H-pyrrole nitrogens is 1. The Labute approximate surface area is 151 Å². The number of rotatable bonds is 3. The van der Waals surface area contributed by atoms with Crippen LogP contribution >= 0.6 is 11.3 Å². The number of carbonyl (C=O) groups is 2. The number of carbonyl (C=O) groups excluding carboxylic acids is 2. The fourth-order valence-corrected chi connectivity index (χ4v) is 3.82. The van der Waals surface area contributed by atoms with E-state index in [9.17, 15) is 14.4 Å². The maximum atomic E-state index is 12.4. The van der Waals surface area contributed by atoms with Crippen molar-refractivity contribution in [2.45, 2.75) is 13.3 Å². The highest BCUT2D eigenvalue weighted by Crippen LogP contribution is 2.30. The Morgan fingerprint density at radius 2 is 2.19 bits per heavy atom. The fourth-order valence-electron chi connectivity index (χ4n) is 3.01. The first-order valence-electron chi connectivity index (χ1n) is 8.03. The SMILES string of the molecule is Cc1nc2cc(N3CC(C(=O)Nc4ccnc(=O)[nH]4)CC3=O)ccc2s1. The lowest BCUT2D eigenvalue weighted by molar-refractivity contribution is -0.122. The molecule has 8 nitrogen and oxygen atoms in total. The van der Waals surface area contributed by atoms with Gasteiger partial charge in [-0.15, -0.1) is 11.3 Å². The van der Waals surface area contributed by atoms with Gasteiger partial charge in [-0.1, -0.05) is 0 Å². The van der Waals surface area contributed by atoms with Gasteiger partial charge in [0, 0.05) is 24.8 Å². The van der Waals surface area contributed by atoms with Crippen LogP contribution in [0, 0.1) is 12.8 Å². The molecule has 1 atom stereocenters. The number of fused-ring (bicyclic) bond motifs is 1. The van der Waals surface area contributed by atoms with Gasteiger partial charge in [-0.25, -0.2) is 14.8 Å². The Bertz CT molecular complexity index is 1070. The molecule has 2 amide bonds. The molecule has 1 fully saturated rings. The number of nitrogens with zero attached hydrogens (tertiary/aromatic N) is 3. The summed E-state index contributed by atoms with van der Waals surface area (Å²) in [5.41, 5.74) is 1.04. The molecule has 2 N–H and O–H groups in total. The topological polar surface area (TPSA) is 108 Å². The van der Waals surface area contributed by atoms with Crippen molar-refractivity contribution in [3.8, 4) is 0 Å². The normalized spacial score (nSPS) is 17.0. The molecule has 132 valence electrons. The molecule has 1 aliphatic rings. The van der Waals surface area contributed by atoms with E-state index in [1.54, 1.807) is 16.2 Å². The quantitative estimate of drug-likeness (QED) is 0.730. The van der Waals surface area contributed by atoms with Gasteiger partial charge in [-0.3, -0.25) is 14.6 Å². The maximum Gasteiger partial charge on any atom is 0.346 e. The third kappa shape index (κ3) is 3.08. The van der Waals surface area contributed by atoms with E-state index >= 15 is 0 Å². The number of nitrogens with one attached hydrogen (secondary N) is 2. The lowest BCUT2D eigenvalue weighted by Gasteiger charge is -2.16. The van der Waals surface area contributed by atoms with Crippen molar-refractivity contribution < 1.29 is 9.59 Å². The smallest absolute Gasteiger partial charge is 0.312 e. The van der Waals surface area contributed by atoms with Crippen LogP contribution in [0.2, 0.25) is 0 Å². The molecule has 1 saturated heterocycles. The average molecular weight is 369 g/mol. The Kier molecular flexibility index (Phi) is 4.00. The second-order valence-corrected chi connectivity index (χ2v) is 7.30. The van der Waals surface area contributed by atoms with Crippen LogP contribution in [0.1, 0.15) is 11.4 Å². The number of amides is 2. The molecule has 3 aromatic rings. The Hall–Kier alpha value is -3.07. The molecule has 26 heavy (non-hydrogen) atoms. The first kappa shape index (κ1) is 16.4. The number of thiazole rings is 1. The molecule has 1 aliphatic heterocycles. The zero-order valence-electron chi connectivity index (χ0n) is 13.9. The van der Waals surface area contributed by atoms with Crippen LogP contribution < -0.4 is 15.9 Å². The molecule has 9 heteroatoms. The van der Waals surface area contributed by atoms with Gasteiger partial charge in [0.2, 0.25) is 11.8 Å². The van der Waals surface area contributed by atoms with Gasteiger partial charge in [-0.05, 0) is 31.2 Å². The van der Waals surface area contributed by atoms with E-state index in [4.69, 9.17) is 0 Å². The zero-order valence-corrected chi connectivity index (χ0v) is 14.7. The van der Waals surface area contributed by atoms with Crippen LogP contribution in [0.3, 0.4) is 0 Å². The summed E-state index contributed by atoms with van der Waals surface area (Å²) in [6.45, 7) is 2.23. The van der Waals surface area contributed by atoms with E-state index in [-0.39, 0.29) is 30.6 Å². The van der Waals surface area contributed by atoms with Gasteiger partial charge < -0.3 is 10.2 Å². The van der Waals surface area contributed by atoms with E-state index in [0.29, 0.717) is 0 Å². The summed E-state index contributed by atoms with van der Waals surface area (Å²) < 4.78 is 1.06. The monoisotopic (exact) mass is 369 g/mol. The molecule has 3 heterocycles. The van der Waals surface area contributed by atoms with Gasteiger partial charge in [-0.2, -0.15) is 0 Å². The van der Waals surface area contributed by atoms with Crippen molar-refractivity contribution in [1.82, 2.24) is 15.0 Å². The Morgan fingerprint density at radius 1 is 1.35 bits per heavy atom. The van der Waals surface area contributed by atoms with Crippen molar-refractivity contribution in [3.05, 3.63) is 46.0 Å². The molecule has 0 spiro atoms. The summed E-state index contributed by atoms with van der Waals surface area (Å²) in [5, 5.41) is 3.59. The number of aromatic amines is 1. The summed E-state index contributed by atoms with van der Waals surface area (Å²) in [4.78, 5) is 48.0. The minimum atomic E-state index is -0.543. The molecule has 1 aromatic carbocycles. The first-order valence-corrected chi connectivity index (χ1v) is 8.85. The molecule has 0 saturated carbocycles. The van der Waals surface area contributed by atoms with Gasteiger partial charge in [0.05, 0.1) is 21.1 Å². The van der Waals surface area contributed by atoms with E-state index in [1.165, 1.54) is 12.3 Å². The van der Waals surface area contributed by atoms with Gasteiger partial charge in [0.25, 0.3) is 0 Å². The Balaban J connectivity index is 1.52. The van der Waals surface area contributed by atoms with Crippen LogP contribution in [-0.2, 0) is 9.59 Å². The summed E-state index contributed by atoms with van der Waals surface area (Å²) in [6.07, 6.45) is 1.43. The van der Waals surface area contributed by atoms with E-state index in [1.807, 2.05) is 25.1 Å². The standard InChI is InChI=1S/C17H15N5O3S/c1-9-19-12-7-11(2-3-13(12)26-9)22-8-10(6-15(22)23)16(24)20-14-4-5-18-17(25)21-14/h2-5,7,10H,6,8H2,1H3,(H2,18,20,21,24,25). The number of anilines is 2. The highest BCUT2D eigenvalue weighted by atomic mass is 32.1. The first-order chi connectivity index (χ1) is 12.5. The van der Waals surface area contributed by atoms with Crippen molar-refractivity contribution in [1.29, 1.82) is 0 Å². The van der Waals surface area contributed by atoms with Crippen LogP contribution in [0.25, 0.3) is 10.2 Å². The summed E-state index contributed by atoms with van der Waals surface area (Å²) in [6, 6.07) is 7.18.